The molecule has 0 saturated carbocycles. The van der Waals surface area contributed by atoms with E-state index in [-0.39, 0.29) is 5.69 Å². The molecule has 0 saturated heterocycles. The maximum atomic E-state index is 10.7. The highest BCUT2D eigenvalue weighted by molar-refractivity contribution is 5.69. The van der Waals surface area contributed by atoms with Crippen molar-refractivity contribution in [2.24, 2.45) is 0 Å². The highest BCUT2D eigenvalue weighted by Crippen LogP contribution is 2.26. The van der Waals surface area contributed by atoms with E-state index in [9.17, 15) is 10.1 Å². The van der Waals surface area contributed by atoms with Gasteiger partial charge in [0.05, 0.1) is 4.92 Å². The lowest BCUT2D eigenvalue weighted by atomic mass is 10.0. The molecule has 0 aliphatic heterocycles. The summed E-state index contributed by atoms with van der Waals surface area (Å²) in [5.41, 5.74) is 8.19. The summed E-state index contributed by atoms with van der Waals surface area (Å²) >= 11 is 0. The van der Waals surface area contributed by atoms with Gasteiger partial charge in [-0.2, -0.15) is 0 Å². The molecule has 2 rings (SSSR count). The molecule has 86 valence electrons. The molecule has 0 radical (unpaired) electrons. The fraction of sp³-hybridized carbons (Fsp3) is 0.0833. The van der Waals surface area contributed by atoms with E-state index in [1.807, 2.05) is 13.0 Å². The van der Waals surface area contributed by atoms with E-state index in [1.54, 1.807) is 18.3 Å². The zero-order valence-electron chi connectivity index (χ0n) is 9.25. The van der Waals surface area contributed by atoms with Gasteiger partial charge in [-0.15, -0.1) is 0 Å². The van der Waals surface area contributed by atoms with E-state index in [0.717, 1.165) is 16.7 Å². The van der Waals surface area contributed by atoms with Crippen LogP contribution in [0.15, 0.2) is 36.5 Å². The molecule has 1 heterocycles. The number of anilines is 1. The molecule has 2 aromatic rings. The van der Waals surface area contributed by atoms with Crippen molar-refractivity contribution < 1.29 is 4.92 Å². The number of non-ortho nitro benzene ring substituents is 1. The van der Waals surface area contributed by atoms with Crippen LogP contribution in [0.3, 0.4) is 0 Å². The molecule has 17 heavy (non-hydrogen) atoms. The van der Waals surface area contributed by atoms with Gasteiger partial charge in [-0.1, -0.05) is 12.1 Å². The zero-order chi connectivity index (χ0) is 12.4. The van der Waals surface area contributed by atoms with Crippen LogP contribution >= 0.6 is 0 Å². The molecule has 1 aromatic carbocycles. The third-order valence-corrected chi connectivity index (χ3v) is 2.50. The Morgan fingerprint density at radius 2 is 2.12 bits per heavy atom. The lowest BCUT2D eigenvalue weighted by Gasteiger charge is -2.05. The summed E-state index contributed by atoms with van der Waals surface area (Å²) in [7, 11) is 0. The average Bonchev–Trinajstić information content (AvgIpc) is 2.29. The molecule has 0 atom stereocenters. The van der Waals surface area contributed by atoms with E-state index in [2.05, 4.69) is 4.98 Å². The molecule has 0 bridgehead atoms. The summed E-state index contributed by atoms with van der Waals surface area (Å²) in [6.45, 7) is 1.90. The van der Waals surface area contributed by atoms with Crippen molar-refractivity contribution in [2.75, 3.05) is 5.73 Å². The molecule has 5 nitrogen and oxygen atoms in total. The number of nitrogens with zero attached hydrogens (tertiary/aromatic N) is 2. The second-order valence-electron chi connectivity index (χ2n) is 3.73. The SMILES string of the molecule is Cc1cc(N)ncc1-c1cccc([N+](=O)[O-])c1. The van der Waals surface area contributed by atoms with Crippen LogP contribution in [0.4, 0.5) is 11.5 Å². The maximum Gasteiger partial charge on any atom is 0.270 e. The number of hydrogen-bond donors (Lipinski definition) is 1. The number of aromatic nitrogens is 1. The average molecular weight is 229 g/mol. The van der Waals surface area contributed by atoms with Crippen LogP contribution in [-0.4, -0.2) is 9.91 Å². The Balaban J connectivity index is 2.53. The second-order valence-corrected chi connectivity index (χ2v) is 3.73. The highest BCUT2D eigenvalue weighted by Gasteiger charge is 2.09. The van der Waals surface area contributed by atoms with Crippen molar-refractivity contribution in [3.63, 3.8) is 0 Å². The Kier molecular flexibility index (Phi) is 2.74. The van der Waals surface area contributed by atoms with Gasteiger partial charge in [0.15, 0.2) is 0 Å². The smallest absolute Gasteiger partial charge is 0.270 e. The van der Waals surface area contributed by atoms with Gasteiger partial charge in [-0.05, 0) is 24.1 Å². The van der Waals surface area contributed by atoms with Gasteiger partial charge in [0, 0.05) is 23.9 Å². The van der Waals surface area contributed by atoms with E-state index in [0.29, 0.717) is 5.82 Å². The standard InChI is InChI=1S/C12H11N3O2/c1-8-5-12(13)14-7-11(8)9-3-2-4-10(6-9)15(16)17/h2-7H,1H3,(H2,13,14). The van der Waals surface area contributed by atoms with Gasteiger partial charge in [-0.25, -0.2) is 4.98 Å². The number of rotatable bonds is 2. The number of nitro groups is 1. The Bertz CT molecular complexity index is 582. The van der Waals surface area contributed by atoms with Crippen LogP contribution < -0.4 is 5.73 Å². The minimum atomic E-state index is -0.413. The lowest BCUT2D eigenvalue weighted by molar-refractivity contribution is -0.384. The first-order valence-corrected chi connectivity index (χ1v) is 5.05. The zero-order valence-corrected chi connectivity index (χ0v) is 9.25. The van der Waals surface area contributed by atoms with Gasteiger partial charge in [0.25, 0.3) is 5.69 Å². The summed E-state index contributed by atoms with van der Waals surface area (Å²) in [5, 5.41) is 10.7. The molecule has 0 unspecified atom stereocenters. The number of nitro benzene ring substituents is 1. The minimum Gasteiger partial charge on any atom is -0.384 e. The number of aryl methyl sites for hydroxylation is 1. The summed E-state index contributed by atoms with van der Waals surface area (Å²) in [6, 6.07) is 8.20. The van der Waals surface area contributed by atoms with Gasteiger partial charge in [0.2, 0.25) is 0 Å². The summed E-state index contributed by atoms with van der Waals surface area (Å²) in [4.78, 5) is 14.3. The van der Waals surface area contributed by atoms with E-state index in [1.165, 1.54) is 12.1 Å². The Morgan fingerprint density at radius 3 is 2.76 bits per heavy atom. The van der Waals surface area contributed by atoms with Crippen molar-refractivity contribution in [1.82, 2.24) is 4.98 Å². The van der Waals surface area contributed by atoms with Crippen LogP contribution in [0.2, 0.25) is 0 Å². The summed E-state index contributed by atoms with van der Waals surface area (Å²) in [6.07, 6.45) is 1.63. The van der Waals surface area contributed by atoms with Gasteiger partial charge in [-0.3, -0.25) is 10.1 Å². The van der Waals surface area contributed by atoms with E-state index in [4.69, 9.17) is 5.73 Å². The van der Waals surface area contributed by atoms with E-state index < -0.39 is 4.92 Å². The largest absolute Gasteiger partial charge is 0.384 e. The molecule has 5 heteroatoms. The first-order valence-electron chi connectivity index (χ1n) is 5.05. The number of nitrogens with two attached hydrogens (primary N) is 1. The van der Waals surface area contributed by atoms with Crippen molar-refractivity contribution in [3.8, 4) is 11.1 Å². The van der Waals surface area contributed by atoms with Crippen molar-refractivity contribution in [2.45, 2.75) is 6.92 Å². The fourth-order valence-corrected chi connectivity index (χ4v) is 1.67. The number of hydrogen-bond acceptors (Lipinski definition) is 4. The minimum absolute atomic E-state index is 0.0683. The molecular weight excluding hydrogens is 218 g/mol. The lowest BCUT2D eigenvalue weighted by Crippen LogP contribution is -1.93. The quantitative estimate of drug-likeness (QED) is 0.633. The molecule has 0 fully saturated rings. The molecule has 2 N–H and O–H groups in total. The Morgan fingerprint density at radius 1 is 1.35 bits per heavy atom. The summed E-state index contributed by atoms with van der Waals surface area (Å²) in [5.74, 6) is 0.441. The predicted molar refractivity (Wildman–Crippen MR) is 65.5 cm³/mol. The Hall–Kier alpha value is -2.43. The molecule has 1 aromatic heterocycles. The fourth-order valence-electron chi connectivity index (χ4n) is 1.67. The number of benzene rings is 1. The molecule has 0 aliphatic rings. The van der Waals surface area contributed by atoms with Crippen LogP contribution in [0, 0.1) is 17.0 Å². The summed E-state index contributed by atoms with van der Waals surface area (Å²) < 4.78 is 0. The van der Waals surface area contributed by atoms with Crippen LogP contribution in [0.1, 0.15) is 5.56 Å². The molecule has 0 spiro atoms. The molecular formula is C12H11N3O2. The third-order valence-electron chi connectivity index (χ3n) is 2.50. The van der Waals surface area contributed by atoms with Crippen molar-refractivity contribution >= 4 is 11.5 Å². The van der Waals surface area contributed by atoms with Crippen molar-refractivity contribution in [1.29, 1.82) is 0 Å². The van der Waals surface area contributed by atoms with Crippen molar-refractivity contribution in [3.05, 3.63) is 52.2 Å². The van der Waals surface area contributed by atoms with Crippen LogP contribution in [0.25, 0.3) is 11.1 Å². The third kappa shape index (κ3) is 2.23. The Labute approximate surface area is 98.1 Å². The highest BCUT2D eigenvalue weighted by atomic mass is 16.6. The topological polar surface area (TPSA) is 82.0 Å². The first kappa shape index (κ1) is 11.1. The van der Waals surface area contributed by atoms with Crippen LogP contribution in [0.5, 0.6) is 0 Å². The van der Waals surface area contributed by atoms with E-state index >= 15 is 0 Å². The predicted octanol–water partition coefficient (Wildman–Crippen LogP) is 2.55. The van der Waals surface area contributed by atoms with Gasteiger partial charge in [0.1, 0.15) is 5.82 Å². The van der Waals surface area contributed by atoms with Gasteiger partial charge < -0.3 is 5.73 Å². The normalized spacial score (nSPS) is 10.2. The van der Waals surface area contributed by atoms with Crippen LogP contribution in [-0.2, 0) is 0 Å². The number of nitrogen functional groups attached to an aromatic ring is 1. The monoisotopic (exact) mass is 229 g/mol. The maximum absolute atomic E-state index is 10.7. The van der Waals surface area contributed by atoms with Gasteiger partial charge >= 0.3 is 0 Å². The molecule has 0 amide bonds. The second kappa shape index (κ2) is 4.21. The molecule has 0 aliphatic carbocycles. The number of pyridine rings is 1. The first-order chi connectivity index (χ1) is 8.08.